The normalized spacial score (nSPS) is 10.4. The molecule has 18 heavy (non-hydrogen) atoms. The van der Waals surface area contributed by atoms with Crippen LogP contribution in [0.2, 0.25) is 5.02 Å². The Morgan fingerprint density at radius 1 is 1.33 bits per heavy atom. The highest BCUT2D eigenvalue weighted by Gasteiger charge is 2.10. The van der Waals surface area contributed by atoms with E-state index in [9.17, 15) is 4.79 Å². The minimum atomic E-state index is -0.523. The van der Waals surface area contributed by atoms with Crippen molar-refractivity contribution in [1.82, 2.24) is 4.98 Å². The van der Waals surface area contributed by atoms with Gasteiger partial charge in [0, 0.05) is 18.0 Å². The Kier molecular flexibility index (Phi) is 3.67. The van der Waals surface area contributed by atoms with Gasteiger partial charge in [0.2, 0.25) is 5.75 Å². The number of carbonyl (C=O) groups excluding carboxylic acids is 1. The second kappa shape index (κ2) is 5.23. The summed E-state index contributed by atoms with van der Waals surface area (Å²) in [6, 6.07) is 7.09. The molecular formula is C13H12ClNO3. The number of fused-ring (bicyclic) bond motifs is 1. The summed E-state index contributed by atoms with van der Waals surface area (Å²) in [5.41, 5.74) is 1.50. The number of hydrogen-bond donors (Lipinski definition) is 0. The van der Waals surface area contributed by atoms with Gasteiger partial charge in [0.1, 0.15) is 5.52 Å². The molecule has 1 aromatic heterocycles. The van der Waals surface area contributed by atoms with E-state index in [1.54, 1.807) is 12.1 Å². The van der Waals surface area contributed by atoms with Crippen LogP contribution in [0.3, 0.4) is 0 Å². The third-order valence-electron chi connectivity index (χ3n) is 2.44. The maximum absolute atomic E-state index is 10.7. The maximum atomic E-state index is 10.7. The summed E-state index contributed by atoms with van der Waals surface area (Å²) in [6.07, 6.45) is 0.801. The Bertz CT molecular complexity index is 598. The number of aryl methyl sites for hydroxylation is 1. The summed E-state index contributed by atoms with van der Waals surface area (Å²) in [6.45, 7) is 3.27. The number of carbonyl (C=O) groups is 1. The van der Waals surface area contributed by atoms with Crippen LogP contribution >= 0.6 is 11.6 Å². The molecule has 0 amide bonds. The van der Waals surface area contributed by atoms with E-state index < -0.39 is 5.97 Å². The zero-order chi connectivity index (χ0) is 13.1. The van der Waals surface area contributed by atoms with Gasteiger partial charge < -0.3 is 0 Å². The maximum Gasteiger partial charge on any atom is 0.352 e. The predicted molar refractivity (Wildman–Crippen MR) is 68.5 cm³/mol. The second-order valence-electron chi connectivity index (χ2n) is 3.76. The monoisotopic (exact) mass is 265 g/mol. The van der Waals surface area contributed by atoms with Crippen molar-refractivity contribution in [2.75, 3.05) is 0 Å². The zero-order valence-electron chi connectivity index (χ0n) is 10.1. The molecule has 2 rings (SSSR count). The topological polar surface area (TPSA) is 48.4 Å². The van der Waals surface area contributed by atoms with Gasteiger partial charge in [-0.3, -0.25) is 9.78 Å². The van der Waals surface area contributed by atoms with Crippen molar-refractivity contribution < 1.29 is 14.6 Å². The third kappa shape index (κ3) is 2.54. The van der Waals surface area contributed by atoms with Gasteiger partial charge in [-0.25, -0.2) is 9.78 Å². The quantitative estimate of drug-likeness (QED) is 0.631. The first-order valence-corrected chi connectivity index (χ1v) is 5.93. The summed E-state index contributed by atoms with van der Waals surface area (Å²) in [7, 11) is 0. The van der Waals surface area contributed by atoms with Crippen molar-refractivity contribution in [3.05, 3.63) is 35.0 Å². The Labute approximate surface area is 109 Å². The molecule has 1 heterocycles. The second-order valence-corrected chi connectivity index (χ2v) is 4.16. The van der Waals surface area contributed by atoms with Crippen molar-refractivity contribution in [3.8, 4) is 5.75 Å². The Morgan fingerprint density at radius 2 is 2.11 bits per heavy atom. The first kappa shape index (κ1) is 12.6. The van der Waals surface area contributed by atoms with E-state index in [0.29, 0.717) is 16.3 Å². The van der Waals surface area contributed by atoms with Crippen LogP contribution in [0.1, 0.15) is 19.5 Å². The predicted octanol–water partition coefficient (Wildman–Crippen LogP) is 3.31. The van der Waals surface area contributed by atoms with Crippen molar-refractivity contribution in [2.45, 2.75) is 20.3 Å². The number of aromatic nitrogens is 1. The molecule has 1 aromatic carbocycles. The molecule has 0 aliphatic carbocycles. The summed E-state index contributed by atoms with van der Waals surface area (Å²) in [4.78, 5) is 24.7. The highest BCUT2D eigenvalue weighted by Crippen LogP contribution is 2.30. The molecule has 0 fully saturated rings. The van der Waals surface area contributed by atoms with Crippen LogP contribution in [-0.4, -0.2) is 11.0 Å². The van der Waals surface area contributed by atoms with Gasteiger partial charge in [0.15, 0.2) is 0 Å². The molecule has 0 aliphatic heterocycles. The number of nitrogens with zero attached hydrogens (tertiary/aromatic N) is 1. The van der Waals surface area contributed by atoms with Gasteiger partial charge in [0.25, 0.3) is 0 Å². The fourth-order valence-corrected chi connectivity index (χ4v) is 1.78. The van der Waals surface area contributed by atoms with E-state index in [1.807, 2.05) is 19.1 Å². The molecule has 0 bridgehead atoms. The lowest BCUT2D eigenvalue weighted by molar-refractivity contribution is -0.210. The number of hydrogen-bond acceptors (Lipinski definition) is 4. The molecule has 2 aromatic rings. The van der Waals surface area contributed by atoms with Gasteiger partial charge in [-0.1, -0.05) is 18.5 Å². The number of halogens is 1. The summed E-state index contributed by atoms with van der Waals surface area (Å²) in [5, 5.41) is 1.34. The van der Waals surface area contributed by atoms with Crippen LogP contribution < -0.4 is 4.89 Å². The molecule has 0 atom stereocenters. The highest BCUT2D eigenvalue weighted by molar-refractivity contribution is 6.35. The lowest BCUT2D eigenvalue weighted by atomic mass is 10.1. The lowest BCUT2D eigenvalue weighted by Gasteiger charge is -2.08. The van der Waals surface area contributed by atoms with E-state index in [1.165, 1.54) is 6.92 Å². The molecule has 0 N–H and O–H groups in total. The van der Waals surface area contributed by atoms with E-state index >= 15 is 0 Å². The van der Waals surface area contributed by atoms with Gasteiger partial charge in [-0.05, 0) is 30.7 Å². The van der Waals surface area contributed by atoms with Gasteiger partial charge >= 0.3 is 5.97 Å². The summed E-state index contributed by atoms with van der Waals surface area (Å²) in [5.74, 6) is -0.148. The molecule has 5 heteroatoms. The Morgan fingerprint density at radius 3 is 2.78 bits per heavy atom. The minimum absolute atomic E-state index is 0.375. The van der Waals surface area contributed by atoms with Gasteiger partial charge in [-0.2, -0.15) is 0 Å². The van der Waals surface area contributed by atoms with E-state index in [2.05, 4.69) is 9.87 Å². The van der Waals surface area contributed by atoms with Crippen molar-refractivity contribution >= 4 is 28.5 Å². The average Bonchev–Trinajstić information content (AvgIpc) is 2.37. The van der Waals surface area contributed by atoms with Gasteiger partial charge in [0.05, 0.1) is 5.02 Å². The fraction of sp³-hybridized carbons (Fsp3) is 0.231. The van der Waals surface area contributed by atoms with E-state index in [4.69, 9.17) is 16.5 Å². The fourth-order valence-electron chi connectivity index (χ4n) is 1.57. The largest absolute Gasteiger partial charge is 0.352 e. The molecule has 0 radical (unpaired) electrons. The number of rotatable bonds is 3. The molecule has 0 saturated heterocycles. The van der Waals surface area contributed by atoms with Crippen LogP contribution in [0.15, 0.2) is 24.3 Å². The average molecular weight is 266 g/mol. The standard InChI is InChI=1S/C13H12ClNO3/c1-3-9-4-5-10-11(14)6-7-12(13(10)15-9)18-17-8(2)16/h4-7H,3H2,1-2H3. The van der Waals surface area contributed by atoms with Crippen LogP contribution in [0.5, 0.6) is 5.75 Å². The summed E-state index contributed by atoms with van der Waals surface area (Å²) >= 11 is 6.08. The van der Waals surface area contributed by atoms with Crippen LogP contribution in [0, 0.1) is 0 Å². The molecule has 0 aliphatic rings. The third-order valence-corrected chi connectivity index (χ3v) is 2.77. The molecule has 4 nitrogen and oxygen atoms in total. The van der Waals surface area contributed by atoms with Crippen molar-refractivity contribution in [2.24, 2.45) is 0 Å². The summed E-state index contributed by atoms with van der Waals surface area (Å²) < 4.78 is 0. The molecular weight excluding hydrogens is 254 g/mol. The van der Waals surface area contributed by atoms with Crippen LogP contribution in [-0.2, 0) is 16.1 Å². The van der Waals surface area contributed by atoms with Crippen LogP contribution in [0.4, 0.5) is 0 Å². The van der Waals surface area contributed by atoms with E-state index in [-0.39, 0.29) is 0 Å². The Hall–Kier alpha value is -1.81. The first-order valence-electron chi connectivity index (χ1n) is 5.55. The molecule has 94 valence electrons. The smallest absolute Gasteiger partial charge is 0.285 e. The zero-order valence-corrected chi connectivity index (χ0v) is 10.8. The Balaban J connectivity index is 2.51. The van der Waals surface area contributed by atoms with Crippen molar-refractivity contribution in [3.63, 3.8) is 0 Å². The van der Waals surface area contributed by atoms with Gasteiger partial charge in [-0.15, -0.1) is 0 Å². The number of benzene rings is 1. The van der Waals surface area contributed by atoms with Crippen molar-refractivity contribution in [1.29, 1.82) is 0 Å². The molecule has 0 spiro atoms. The first-order chi connectivity index (χ1) is 8.61. The SMILES string of the molecule is CCc1ccc2c(Cl)ccc(OOC(C)=O)c2n1. The van der Waals surface area contributed by atoms with E-state index in [0.717, 1.165) is 17.5 Å². The minimum Gasteiger partial charge on any atom is -0.285 e. The molecule has 0 saturated carbocycles. The highest BCUT2D eigenvalue weighted by atomic mass is 35.5. The van der Waals surface area contributed by atoms with Crippen LogP contribution in [0.25, 0.3) is 10.9 Å². The number of pyridine rings is 1. The lowest BCUT2D eigenvalue weighted by Crippen LogP contribution is -2.04. The molecule has 0 unspecified atom stereocenters.